The lowest BCUT2D eigenvalue weighted by molar-refractivity contribution is -0.129. The number of carbonyl (C=O) groups is 2. The zero-order valence-electron chi connectivity index (χ0n) is 19.5. The Morgan fingerprint density at radius 1 is 1.27 bits per heavy atom. The van der Waals surface area contributed by atoms with Crippen molar-refractivity contribution in [2.75, 3.05) is 30.3 Å². The molecule has 0 atom stereocenters. The summed E-state index contributed by atoms with van der Waals surface area (Å²) in [6.07, 6.45) is 4.58. The van der Waals surface area contributed by atoms with E-state index < -0.39 is 0 Å². The molecule has 1 fully saturated rings. The summed E-state index contributed by atoms with van der Waals surface area (Å²) in [5.41, 5.74) is 8.96. The molecule has 1 aliphatic heterocycles. The van der Waals surface area contributed by atoms with Crippen LogP contribution in [0.3, 0.4) is 0 Å². The normalized spacial score (nSPS) is 15.3. The molecule has 33 heavy (non-hydrogen) atoms. The summed E-state index contributed by atoms with van der Waals surface area (Å²) in [5.74, 6) is 1.80. The highest BCUT2D eigenvalue weighted by atomic mass is 16.5. The molecule has 2 aromatic rings. The number of hydrogen-bond donors (Lipinski definition) is 1. The number of unbranched alkanes of at least 4 members (excludes halogenated alkanes) is 1. The molecule has 1 amide bonds. The number of aromatic nitrogens is 2. The average Bonchev–Trinajstić information content (AvgIpc) is 3.59. The number of carbonyl (C=O) groups excluding carboxylic acids is 2. The number of anilines is 2. The van der Waals surface area contributed by atoms with Crippen LogP contribution in [0.5, 0.6) is 6.01 Å². The average molecular weight is 452 g/mol. The molecule has 0 spiro atoms. The molecule has 2 aliphatic rings. The van der Waals surface area contributed by atoms with Crippen LogP contribution < -0.4 is 15.4 Å². The van der Waals surface area contributed by atoms with Crippen molar-refractivity contribution in [3.05, 3.63) is 41.0 Å². The largest absolute Gasteiger partial charge is 0.463 e. The molecule has 0 saturated heterocycles. The Bertz CT molecular complexity index is 1020. The molecule has 8 nitrogen and oxygen atoms in total. The molecule has 1 aromatic heterocycles. The summed E-state index contributed by atoms with van der Waals surface area (Å²) in [6, 6.07) is 8.43. The van der Waals surface area contributed by atoms with Crippen molar-refractivity contribution in [3.8, 4) is 6.01 Å². The van der Waals surface area contributed by atoms with Gasteiger partial charge in [0.1, 0.15) is 11.6 Å². The molecule has 1 saturated carbocycles. The minimum atomic E-state index is 0.0841. The lowest BCUT2D eigenvalue weighted by atomic mass is 10.0. The van der Waals surface area contributed by atoms with E-state index in [9.17, 15) is 9.59 Å². The van der Waals surface area contributed by atoms with E-state index in [1.807, 2.05) is 28.0 Å². The molecule has 4 rings (SSSR count). The zero-order chi connectivity index (χ0) is 23.4. The maximum atomic E-state index is 12.4. The molecule has 0 unspecified atom stereocenters. The van der Waals surface area contributed by atoms with Gasteiger partial charge < -0.3 is 20.3 Å². The van der Waals surface area contributed by atoms with Gasteiger partial charge in [0.15, 0.2) is 5.78 Å². The Balaban J connectivity index is 1.52. The first kappa shape index (κ1) is 23.0. The van der Waals surface area contributed by atoms with E-state index in [4.69, 9.17) is 10.5 Å². The van der Waals surface area contributed by atoms with Crippen LogP contribution in [-0.2, 0) is 29.1 Å². The first-order chi connectivity index (χ1) is 15.9. The second kappa shape index (κ2) is 10.2. The topological polar surface area (TPSA) is 102 Å². The highest BCUT2D eigenvalue weighted by molar-refractivity contribution is 5.91. The minimum Gasteiger partial charge on any atom is -0.463 e. The number of nitrogen functional groups attached to an aromatic ring is 1. The van der Waals surface area contributed by atoms with Gasteiger partial charge >= 0.3 is 6.01 Å². The quantitative estimate of drug-likeness (QED) is 0.554. The van der Waals surface area contributed by atoms with E-state index >= 15 is 0 Å². The maximum Gasteiger partial charge on any atom is 0.320 e. The summed E-state index contributed by atoms with van der Waals surface area (Å²) in [7, 11) is 0. The summed E-state index contributed by atoms with van der Waals surface area (Å²) >= 11 is 0. The molecule has 1 aromatic carbocycles. The summed E-state index contributed by atoms with van der Waals surface area (Å²) in [5, 5.41) is 0. The number of ketones is 1. The summed E-state index contributed by atoms with van der Waals surface area (Å²) in [6.45, 7) is 6.46. The Hall–Kier alpha value is -3.16. The van der Waals surface area contributed by atoms with Crippen molar-refractivity contribution in [1.82, 2.24) is 14.9 Å². The number of fused-ring (bicyclic) bond motifs is 1. The van der Waals surface area contributed by atoms with Gasteiger partial charge in [-0.05, 0) is 36.3 Å². The van der Waals surface area contributed by atoms with Crippen molar-refractivity contribution >= 4 is 23.3 Å². The van der Waals surface area contributed by atoms with Crippen molar-refractivity contribution in [2.45, 2.75) is 59.0 Å². The van der Waals surface area contributed by atoms with Gasteiger partial charge in [-0.15, -0.1) is 0 Å². The number of rotatable bonds is 10. The van der Waals surface area contributed by atoms with Crippen molar-refractivity contribution < 1.29 is 14.3 Å². The first-order valence-electron chi connectivity index (χ1n) is 11.8. The maximum absolute atomic E-state index is 12.4. The fourth-order valence-corrected chi connectivity index (χ4v) is 4.13. The van der Waals surface area contributed by atoms with Crippen LogP contribution in [0.15, 0.2) is 24.3 Å². The minimum absolute atomic E-state index is 0.0841. The Labute approximate surface area is 195 Å². The smallest absolute Gasteiger partial charge is 0.320 e. The molecule has 1 aliphatic carbocycles. The highest BCUT2D eigenvalue weighted by Crippen LogP contribution is 2.32. The number of amides is 1. The molecular weight excluding hydrogens is 418 g/mol. The number of nitrogens with two attached hydrogens (primary N) is 1. The van der Waals surface area contributed by atoms with Gasteiger partial charge in [-0.1, -0.05) is 37.6 Å². The number of ether oxygens (including phenoxy) is 1. The first-order valence-corrected chi connectivity index (χ1v) is 11.8. The lowest BCUT2D eigenvalue weighted by Gasteiger charge is -2.30. The van der Waals surface area contributed by atoms with Crippen molar-refractivity contribution in [3.63, 3.8) is 0 Å². The van der Waals surface area contributed by atoms with Crippen LogP contribution in [0.4, 0.5) is 11.6 Å². The molecule has 2 N–H and O–H groups in total. The van der Waals surface area contributed by atoms with E-state index in [2.05, 4.69) is 23.0 Å². The van der Waals surface area contributed by atoms with Gasteiger partial charge in [-0.25, -0.2) is 0 Å². The molecule has 8 heteroatoms. The van der Waals surface area contributed by atoms with Crippen LogP contribution in [-0.4, -0.2) is 46.3 Å². The van der Waals surface area contributed by atoms with Crippen molar-refractivity contribution in [1.29, 1.82) is 0 Å². The molecule has 176 valence electrons. The summed E-state index contributed by atoms with van der Waals surface area (Å²) < 4.78 is 5.69. The standard InChI is InChI=1S/C25H33N5O3/c1-3-4-10-33-25-27-23(26)22-12-21(32)16-30(24(22)28-25)15-20-7-5-6-19(11-20)14-29(17(2)31)13-18-8-9-18/h5-7,11,18H,3-4,8-10,12-16H2,1-2H3,(H2,26,27,28). The number of benzene rings is 1. The Morgan fingerprint density at radius 3 is 2.79 bits per heavy atom. The van der Waals surface area contributed by atoms with Gasteiger partial charge in [0.25, 0.3) is 0 Å². The van der Waals surface area contributed by atoms with E-state index in [0.29, 0.717) is 42.8 Å². The van der Waals surface area contributed by atoms with Crippen LogP contribution in [0.25, 0.3) is 0 Å². The van der Waals surface area contributed by atoms with E-state index in [1.165, 1.54) is 12.8 Å². The van der Waals surface area contributed by atoms with E-state index in [1.54, 1.807) is 6.92 Å². The third kappa shape index (κ3) is 6.00. The predicted octanol–water partition coefficient (Wildman–Crippen LogP) is 3.13. The Kier molecular flexibility index (Phi) is 7.11. The third-order valence-electron chi connectivity index (χ3n) is 6.13. The molecule has 0 bridgehead atoms. The fraction of sp³-hybridized carbons (Fsp3) is 0.520. The van der Waals surface area contributed by atoms with Crippen LogP contribution in [0.1, 0.15) is 56.2 Å². The van der Waals surface area contributed by atoms with Gasteiger partial charge in [0.05, 0.1) is 13.2 Å². The van der Waals surface area contributed by atoms with E-state index in [-0.39, 0.29) is 30.7 Å². The number of nitrogens with zero attached hydrogens (tertiary/aromatic N) is 4. The molecular formula is C25H33N5O3. The SMILES string of the molecule is CCCCOc1nc(N)c2c(n1)N(Cc1cccc(CN(CC3CC3)C(C)=O)c1)CC(=O)C2. The lowest BCUT2D eigenvalue weighted by Crippen LogP contribution is -2.37. The monoisotopic (exact) mass is 451 g/mol. The third-order valence-corrected chi connectivity index (χ3v) is 6.13. The molecule has 2 heterocycles. The second-order valence-electron chi connectivity index (χ2n) is 9.13. The van der Waals surface area contributed by atoms with Gasteiger partial charge in [0, 0.05) is 38.5 Å². The predicted molar refractivity (Wildman–Crippen MR) is 127 cm³/mol. The van der Waals surface area contributed by atoms with Crippen LogP contribution in [0.2, 0.25) is 0 Å². The Morgan fingerprint density at radius 2 is 2.06 bits per heavy atom. The second-order valence-corrected chi connectivity index (χ2v) is 9.13. The number of Topliss-reactive ketones (excluding diaryl/α,β-unsaturated/α-hetero) is 1. The van der Waals surface area contributed by atoms with E-state index in [0.717, 1.165) is 30.5 Å². The van der Waals surface area contributed by atoms with Gasteiger partial charge in [-0.2, -0.15) is 9.97 Å². The number of hydrogen-bond acceptors (Lipinski definition) is 7. The van der Waals surface area contributed by atoms with Crippen molar-refractivity contribution in [2.24, 2.45) is 5.92 Å². The fourth-order valence-electron chi connectivity index (χ4n) is 4.13. The van der Waals surface area contributed by atoms with Crippen LogP contribution in [0, 0.1) is 5.92 Å². The summed E-state index contributed by atoms with van der Waals surface area (Å²) in [4.78, 5) is 37.2. The van der Waals surface area contributed by atoms with Crippen LogP contribution >= 0.6 is 0 Å². The van der Waals surface area contributed by atoms with Gasteiger partial charge in [0.2, 0.25) is 5.91 Å². The molecule has 0 radical (unpaired) electrons. The highest BCUT2D eigenvalue weighted by Gasteiger charge is 2.28. The van der Waals surface area contributed by atoms with Gasteiger partial charge in [-0.3, -0.25) is 9.59 Å². The zero-order valence-corrected chi connectivity index (χ0v) is 19.5.